The molecule has 120 valence electrons. The van der Waals surface area contributed by atoms with E-state index in [0.717, 1.165) is 22.9 Å². The number of nitrogens with one attached hydrogen (secondary N) is 1. The van der Waals surface area contributed by atoms with Gasteiger partial charge in [-0.1, -0.05) is 41.9 Å². The van der Waals surface area contributed by atoms with Crippen molar-refractivity contribution in [3.05, 3.63) is 63.6 Å². The summed E-state index contributed by atoms with van der Waals surface area (Å²) in [6.07, 6.45) is 2.31. The zero-order chi connectivity index (χ0) is 16.2. The predicted molar refractivity (Wildman–Crippen MR) is 94.7 cm³/mol. The lowest BCUT2D eigenvalue weighted by Crippen LogP contribution is -2.33. The first-order valence-electron chi connectivity index (χ1n) is 7.55. The number of hydrogen-bond acceptors (Lipinski definition) is 2. The van der Waals surface area contributed by atoms with Gasteiger partial charge in [0.1, 0.15) is 5.75 Å². The lowest BCUT2D eigenvalue weighted by Gasteiger charge is -2.19. The zero-order valence-corrected chi connectivity index (χ0v) is 14.8. The zero-order valence-electron chi connectivity index (χ0n) is 12.5. The van der Waals surface area contributed by atoms with Crippen molar-refractivity contribution in [1.82, 2.24) is 5.32 Å². The molecule has 0 radical (unpaired) electrons. The van der Waals surface area contributed by atoms with E-state index in [1.807, 2.05) is 18.2 Å². The molecule has 5 heteroatoms. The van der Waals surface area contributed by atoms with E-state index < -0.39 is 0 Å². The number of halogens is 2. The summed E-state index contributed by atoms with van der Waals surface area (Å²) in [5, 5.41) is 3.71. The lowest BCUT2D eigenvalue weighted by molar-refractivity contribution is -0.124. The molecule has 0 heterocycles. The fraction of sp³-hybridized carbons (Fsp3) is 0.278. The van der Waals surface area contributed by atoms with Crippen molar-refractivity contribution in [2.24, 2.45) is 5.92 Å². The third-order valence-electron chi connectivity index (χ3n) is 3.82. The Kier molecular flexibility index (Phi) is 5.23. The molecule has 1 fully saturated rings. The molecule has 0 aromatic heterocycles. The van der Waals surface area contributed by atoms with E-state index in [1.165, 1.54) is 0 Å². The molecule has 2 aromatic rings. The van der Waals surface area contributed by atoms with Crippen LogP contribution in [0.3, 0.4) is 0 Å². The average Bonchev–Trinajstić information content (AvgIpc) is 3.37. The molecule has 0 spiro atoms. The number of amides is 1. The second kappa shape index (κ2) is 7.37. The molecular formula is C18H17BrClNO2. The molecule has 0 unspecified atom stereocenters. The first-order valence-corrected chi connectivity index (χ1v) is 8.73. The molecule has 1 aliphatic carbocycles. The van der Waals surface area contributed by atoms with Crippen molar-refractivity contribution >= 4 is 33.4 Å². The first-order chi connectivity index (χ1) is 11.1. The quantitative estimate of drug-likeness (QED) is 0.768. The van der Waals surface area contributed by atoms with Crippen LogP contribution in [-0.2, 0) is 4.79 Å². The Hall–Kier alpha value is -1.52. The van der Waals surface area contributed by atoms with Crippen LogP contribution in [0.4, 0.5) is 0 Å². The summed E-state index contributed by atoms with van der Waals surface area (Å²) >= 11 is 9.27. The van der Waals surface area contributed by atoms with Gasteiger partial charge in [0.2, 0.25) is 0 Å². The number of benzene rings is 2. The van der Waals surface area contributed by atoms with Crippen molar-refractivity contribution in [2.75, 3.05) is 6.61 Å². The van der Waals surface area contributed by atoms with Gasteiger partial charge in [0.15, 0.2) is 6.61 Å². The predicted octanol–water partition coefficient (Wildman–Crippen LogP) is 4.75. The molecule has 1 N–H and O–H groups in total. The van der Waals surface area contributed by atoms with E-state index in [-0.39, 0.29) is 18.6 Å². The van der Waals surface area contributed by atoms with Crippen LogP contribution in [0.15, 0.2) is 53.0 Å². The number of ether oxygens (including phenoxy) is 1. The minimum atomic E-state index is -0.118. The third kappa shape index (κ3) is 4.49. The number of rotatable bonds is 6. The Morgan fingerprint density at radius 1 is 1.26 bits per heavy atom. The van der Waals surface area contributed by atoms with E-state index in [4.69, 9.17) is 16.3 Å². The van der Waals surface area contributed by atoms with Crippen LogP contribution < -0.4 is 10.1 Å². The van der Waals surface area contributed by atoms with Crippen LogP contribution in [0.5, 0.6) is 5.75 Å². The van der Waals surface area contributed by atoms with Gasteiger partial charge in [0.25, 0.3) is 5.91 Å². The highest BCUT2D eigenvalue weighted by molar-refractivity contribution is 9.10. The summed E-state index contributed by atoms with van der Waals surface area (Å²) in [4.78, 5) is 12.2. The molecule has 0 saturated heterocycles. The number of carbonyl (C=O) groups is 1. The van der Waals surface area contributed by atoms with Gasteiger partial charge in [-0.15, -0.1) is 0 Å². The summed E-state index contributed by atoms with van der Waals surface area (Å²) in [7, 11) is 0. The van der Waals surface area contributed by atoms with Gasteiger partial charge in [0, 0.05) is 5.02 Å². The Bertz CT molecular complexity index is 689. The summed E-state index contributed by atoms with van der Waals surface area (Å²) < 4.78 is 6.31. The molecule has 2 aromatic carbocycles. The van der Waals surface area contributed by atoms with Crippen LogP contribution in [0, 0.1) is 5.92 Å². The van der Waals surface area contributed by atoms with Crippen LogP contribution in [0.2, 0.25) is 5.02 Å². The Labute approximate surface area is 149 Å². The van der Waals surface area contributed by atoms with Crippen LogP contribution in [0.1, 0.15) is 24.4 Å². The summed E-state index contributed by atoms with van der Waals surface area (Å²) in [6, 6.07) is 15.4. The van der Waals surface area contributed by atoms with E-state index in [2.05, 4.69) is 33.4 Å². The van der Waals surface area contributed by atoms with Gasteiger partial charge in [-0.3, -0.25) is 4.79 Å². The highest BCUT2D eigenvalue weighted by Gasteiger charge is 2.33. The van der Waals surface area contributed by atoms with E-state index in [1.54, 1.807) is 18.2 Å². The van der Waals surface area contributed by atoms with Gasteiger partial charge in [-0.2, -0.15) is 0 Å². The molecule has 3 nitrogen and oxygen atoms in total. The lowest BCUT2D eigenvalue weighted by atomic mass is 10.0. The highest BCUT2D eigenvalue weighted by atomic mass is 79.9. The maximum Gasteiger partial charge on any atom is 0.258 e. The van der Waals surface area contributed by atoms with Gasteiger partial charge >= 0.3 is 0 Å². The molecule has 1 amide bonds. The highest BCUT2D eigenvalue weighted by Crippen LogP contribution is 2.40. The van der Waals surface area contributed by atoms with Gasteiger partial charge in [-0.25, -0.2) is 0 Å². The SMILES string of the molecule is O=C(COc1ccc(Cl)cc1Br)N[C@H](c1ccccc1)C1CC1. The van der Waals surface area contributed by atoms with E-state index >= 15 is 0 Å². The molecule has 1 atom stereocenters. The molecule has 0 aliphatic heterocycles. The molecule has 23 heavy (non-hydrogen) atoms. The van der Waals surface area contributed by atoms with E-state index in [0.29, 0.717) is 16.7 Å². The van der Waals surface area contributed by atoms with Gasteiger partial charge < -0.3 is 10.1 Å². The maximum absolute atomic E-state index is 12.2. The smallest absolute Gasteiger partial charge is 0.258 e. The average molecular weight is 395 g/mol. The molecular weight excluding hydrogens is 378 g/mol. The fourth-order valence-electron chi connectivity index (χ4n) is 2.51. The second-order valence-electron chi connectivity index (χ2n) is 5.66. The Balaban J connectivity index is 1.59. The topological polar surface area (TPSA) is 38.3 Å². The largest absolute Gasteiger partial charge is 0.483 e. The third-order valence-corrected chi connectivity index (χ3v) is 4.68. The van der Waals surface area contributed by atoms with Gasteiger partial charge in [0.05, 0.1) is 10.5 Å². The van der Waals surface area contributed by atoms with Crippen molar-refractivity contribution < 1.29 is 9.53 Å². The minimum absolute atomic E-state index is 0.0176. The number of hydrogen-bond donors (Lipinski definition) is 1. The number of carbonyl (C=O) groups excluding carboxylic acids is 1. The summed E-state index contributed by atoms with van der Waals surface area (Å²) in [5.41, 5.74) is 1.15. The maximum atomic E-state index is 12.2. The molecule has 1 aliphatic rings. The Morgan fingerprint density at radius 3 is 2.65 bits per heavy atom. The van der Waals surface area contributed by atoms with Gasteiger partial charge in [-0.05, 0) is 58.5 Å². The van der Waals surface area contributed by atoms with E-state index in [9.17, 15) is 4.79 Å². The summed E-state index contributed by atoms with van der Waals surface area (Å²) in [5.74, 6) is 1.02. The van der Waals surface area contributed by atoms with Crippen LogP contribution in [-0.4, -0.2) is 12.5 Å². The van der Waals surface area contributed by atoms with Crippen molar-refractivity contribution in [2.45, 2.75) is 18.9 Å². The monoisotopic (exact) mass is 393 g/mol. The Morgan fingerprint density at radius 2 is 2.00 bits per heavy atom. The van der Waals surface area contributed by atoms with Crippen molar-refractivity contribution in [1.29, 1.82) is 0 Å². The normalized spacial score (nSPS) is 15.0. The van der Waals surface area contributed by atoms with Crippen molar-refractivity contribution in [3.8, 4) is 5.75 Å². The van der Waals surface area contributed by atoms with Crippen LogP contribution >= 0.6 is 27.5 Å². The van der Waals surface area contributed by atoms with Crippen molar-refractivity contribution in [3.63, 3.8) is 0 Å². The molecule has 3 rings (SSSR count). The second-order valence-corrected chi connectivity index (χ2v) is 6.95. The fourth-order valence-corrected chi connectivity index (χ4v) is 3.31. The van der Waals surface area contributed by atoms with Crippen LogP contribution in [0.25, 0.3) is 0 Å². The first kappa shape index (κ1) is 16.3. The standard InChI is InChI=1S/C18H17BrClNO2/c19-15-10-14(20)8-9-16(15)23-11-17(22)21-18(13-6-7-13)12-4-2-1-3-5-12/h1-5,8-10,13,18H,6-7,11H2,(H,21,22)/t18-/m1/s1. The molecule has 0 bridgehead atoms. The minimum Gasteiger partial charge on any atom is -0.483 e. The molecule has 1 saturated carbocycles. The summed E-state index contributed by atoms with van der Waals surface area (Å²) in [6.45, 7) is -0.0176.